The van der Waals surface area contributed by atoms with Gasteiger partial charge in [0.15, 0.2) is 0 Å². The Morgan fingerprint density at radius 2 is 1.91 bits per heavy atom. The van der Waals surface area contributed by atoms with Crippen molar-refractivity contribution in [2.75, 3.05) is 13.2 Å². The first-order valence-corrected chi connectivity index (χ1v) is 7.08. The molecule has 6 heteroatoms. The highest BCUT2D eigenvalue weighted by Crippen LogP contribution is 2.32. The summed E-state index contributed by atoms with van der Waals surface area (Å²) < 4.78 is 43.7. The Morgan fingerprint density at radius 1 is 1.09 bits per heavy atom. The van der Waals surface area contributed by atoms with Gasteiger partial charge in [0.05, 0.1) is 12.1 Å². The van der Waals surface area contributed by atoms with Crippen LogP contribution in [0.5, 0.6) is 0 Å². The van der Waals surface area contributed by atoms with Gasteiger partial charge in [-0.05, 0) is 43.7 Å². The number of unbranched alkanes of at least 4 members (excludes halogenated alkanes) is 1. The van der Waals surface area contributed by atoms with Gasteiger partial charge < -0.3 is 14.8 Å². The summed E-state index contributed by atoms with van der Waals surface area (Å²) in [4.78, 5) is 0. The van der Waals surface area contributed by atoms with Gasteiger partial charge in [0, 0.05) is 12.2 Å². The molecule has 0 atom stereocenters. The summed E-state index contributed by atoms with van der Waals surface area (Å²) in [6.45, 7) is 1.42. The van der Waals surface area contributed by atoms with Crippen molar-refractivity contribution in [2.24, 2.45) is 0 Å². The predicted molar refractivity (Wildman–Crippen MR) is 77.2 cm³/mol. The van der Waals surface area contributed by atoms with Crippen molar-refractivity contribution in [3.63, 3.8) is 0 Å². The number of aliphatic hydroxyl groups is 1. The Labute approximate surface area is 126 Å². The second-order valence-electron chi connectivity index (χ2n) is 4.95. The third-order valence-corrected chi connectivity index (χ3v) is 3.20. The molecule has 1 aromatic heterocycles. The zero-order valence-electron chi connectivity index (χ0n) is 12.0. The monoisotopic (exact) mass is 313 g/mol. The van der Waals surface area contributed by atoms with Crippen LogP contribution in [0.1, 0.15) is 24.2 Å². The average molecular weight is 313 g/mol. The van der Waals surface area contributed by atoms with Gasteiger partial charge in [-0.15, -0.1) is 0 Å². The molecule has 120 valence electrons. The fourth-order valence-electron chi connectivity index (χ4n) is 2.05. The van der Waals surface area contributed by atoms with Crippen LogP contribution in [0.2, 0.25) is 0 Å². The fraction of sp³-hybridized carbons (Fsp3) is 0.375. The van der Waals surface area contributed by atoms with Crippen molar-refractivity contribution in [2.45, 2.75) is 25.6 Å². The lowest BCUT2D eigenvalue weighted by atomic mass is 10.1. The SMILES string of the molecule is OCCCCNCc1ccc(-c2cccc(C(F)(F)F)c2)o1. The summed E-state index contributed by atoms with van der Waals surface area (Å²) in [5.74, 6) is 1.08. The maximum Gasteiger partial charge on any atom is 0.416 e. The van der Waals surface area contributed by atoms with Crippen LogP contribution < -0.4 is 5.32 Å². The molecule has 0 saturated heterocycles. The molecule has 3 nitrogen and oxygen atoms in total. The molecule has 0 spiro atoms. The van der Waals surface area contributed by atoms with E-state index in [9.17, 15) is 13.2 Å². The molecule has 2 N–H and O–H groups in total. The highest BCUT2D eigenvalue weighted by Gasteiger charge is 2.30. The lowest BCUT2D eigenvalue weighted by Gasteiger charge is -2.07. The van der Waals surface area contributed by atoms with E-state index in [1.54, 1.807) is 18.2 Å². The molecule has 0 aliphatic heterocycles. The summed E-state index contributed by atoms with van der Waals surface area (Å²) in [6.07, 6.45) is -2.77. The zero-order valence-corrected chi connectivity index (χ0v) is 12.0. The van der Waals surface area contributed by atoms with Crippen LogP contribution in [0.4, 0.5) is 13.2 Å². The van der Waals surface area contributed by atoms with E-state index < -0.39 is 11.7 Å². The van der Waals surface area contributed by atoms with Crippen LogP contribution in [-0.4, -0.2) is 18.3 Å². The number of hydrogen-bond donors (Lipinski definition) is 2. The van der Waals surface area contributed by atoms with Crippen LogP contribution in [0, 0.1) is 0 Å². The second kappa shape index (κ2) is 7.47. The summed E-state index contributed by atoms with van der Waals surface area (Å²) in [6, 6.07) is 8.49. The Kier molecular flexibility index (Phi) is 5.63. The fourth-order valence-corrected chi connectivity index (χ4v) is 2.05. The van der Waals surface area contributed by atoms with Crippen molar-refractivity contribution in [1.29, 1.82) is 0 Å². The molecule has 0 aliphatic carbocycles. The average Bonchev–Trinajstić information content (AvgIpc) is 2.95. The minimum atomic E-state index is -4.36. The number of hydrogen-bond acceptors (Lipinski definition) is 3. The van der Waals surface area contributed by atoms with E-state index in [-0.39, 0.29) is 6.61 Å². The number of halogens is 3. The van der Waals surface area contributed by atoms with Crippen molar-refractivity contribution in [1.82, 2.24) is 5.32 Å². The number of nitrogens with one attached hydrogen (secondary N) is 1. The van der Waals surface area contributed by atoms with Crippen LogP contribution in [-0.2, 0) is 12.7 Å². The number of rotatable bonds is 7. The van der Waals surface area contributed by atoms with Crippen LogP contribution in [0.25, 0.3) is 11.3 Å². The van der Waals surface area contributed by atoms with Crippen LogP contribution in [0.3, 0.4) is 0 Å². The topological polar surface area (TPSA) is 45.4 Å². The van der Waals surface area contributed by atoms with E-state index in [1.807, 2.05) is 0 Å². The molecule has 2 aromatic rings. The molecule has 0 fully saturated rings. The predicted octanol–water partition coefficient (Wildman–Crippen LogP) is 3.83. The van der Waals surface area contributed by atoms with Crippen molar-refractivity contribution in [3.05, 3.63) is 47.7 Å². The van der Waals surface area contributed by atoms with E-state index in [2.05, 4.69) is 5.32 Å². The Hall–Kier alpha value is -1.79. The van der Waals surface area contributed by atoms with E-state index in [1.165, 1.54) is 6.07 Å². The van der Waals surface area contributed by atoms with Gasteiger partial charge in [-0.1, -0.05) is 12.1 Å². The number of furan rings is 1. The smallest absolute Gasteiger partial charge is 0.416 e. The summed E-state index contributed by atoms with van der Waals surface area (Å²) in [5.41, 5.74) is -0.286. The number of aliphatic hydroxyl groups excluding tert-OH is 1. The van der Waals surface area contributed by atoms with E-state index >= 15 is 0 Å². The lowest BCUT2D eigenvalue weighted by molar-refractivity contribution is -0.137. The van der Waals surface area contributed by atoms with Crippen molar-refractivity contribution < 1.29 is 22.7 Å². The first-order valence-electron chi connectivity index (χ1n) is 7.08. The number of benzene rings is 1. The maximum atomic E-state index is 12.7. The molecule has 2 rings (SSSR count). The molecular weight excluding hydrogens is 295 g/mol. The van der Waals surface area contributed by atoms with E-state index in [4.69, 9.17) is 9.52 Å². The van der Waals surface area contributed by atoms with Crippen molar-refractivity contribution >= 4 is 0 Å². The third-order valence-electron chi connectivity index (χ3n) is 3.20. The van der Waals surface area contributed by atoms with Gasteiger partial charge in [-0.3, -0.25) is 0 Å². The lowest BCUT2D eigenvalue weighted by Crippen LogP contribution is -2.14. The first kappa shape index (κ1) is 16.6. The molecule has 22 heavy (non-hydrogen) atoms. The quantitative estimate of drug-likeness (QED) is 0.764. The highest BCUT2D eigenvalue weighted by atomic mass is 19.4. The van der Waals surface area contributed by atoms with Gasteiger partial charge in [-0.25, -0.2) is 0 Å². The normalized spacial score (nSPS) is 11.8. The molecule has 1 aromatic carbocycles. The zero-order chi connectivity index (χ0) is 16.0. The molecule has 0 radical (unpaired) electrons. The maximum absolute atomic E-state index is 12.7. The van der Waals surface area contributed by atoms with E-state index in [0.29, 0.717) is 23.6 Å². The Bertz CT molecular complexity index is 593. The van der Waals surface area contributed by atoms with Gasteiger partial charge in [0.2, 0.25) is 0 Å². The molecular formula is C16H18F3NO2. The first-order chi connectivity index (χ1) is 10.5. The molecule has 0 aliphatic rings. The molecule has 0 unspecified atom stereocenters. The van der Waals surface area contributed by atoms with Crippen LogP contribution >= 0.6 is 0 Å². The second-order valence-corrected chi connectivity index (χ2v) is 4.95. The van der Waals surface area contributed by atoms with Gasteiger partial charge in [0.25, 0.3) is 0 Å². The summed E-state index contributed by atoms with van der Waals surface area (Å²) in [5, 5.41) is 11.8. The van der Waals surface area contributed by atoms with Crippen LogP contribution in [0.15, 0.2) is 40.8 Å². The molecule has 0 bridgehead atoms. The third kappa shape index (κ3) is 4.61. The van der Waals surface area contributed by atoms with Gasteiger partial charge >= 0.3 is 6.18 Å². The van der Waals surface area contributed by atoms with Crippen molar-refractivity contribution in [3.8, 4) is 11.3 Å². The number of alkyl halides is 3. The van der Waals surface area contributed by atoms with Gasteiger partial charge in [-0.2, -0.15) is 13.2 Å². The van der Waals surface area contributed by atoms with E-state index in [0.717, 1.165) is 31.5 Å². The largest absolute Gasteiger partial charge is 0.460 e. The standard InChI is InChI=1S/C16H18F3NO2/c17-16(18,19)13-5-3-4-12(10-13)15-7-6-14(22-15)11-20-8-1-2-9-21/h3-7,10,20-21H,1-2,8-9,11H2. The van der Waals surface area contributed by atoms with Gasteiger partial charge in [0.1, 0.15) is 11.5 Å². The Morgan fingerprint density at radius 3 is 2.64 bits per heavy atom. The summed E-state index contributed by atoms with van der Waals surface area (Å²) in [7, 11) is 0. The molecule has 0 saturated carbocycles. The minimum absolute atomic E-state index is 0.169. The Balaban J connectivity index is 1.99. The highest BCUT2D eigenvalue weighted by molar-refractivity contribution is 5.58. The molecule has 1 heterocycles. The summed E-state index contributed by atoms with van der Waals surface area (Å²) >= 11 is 0. The molecule has 0 amide bonds. The minimum Gasteiger partial charge on any atom is -0.460 e.